The van der Waals surface area contributed by atoms with Crippen molar-refractivity contribution in [2.75, 3.05) is 0 Å². The minimum Gasteiger partial charge on any atom is -0.309 e. The third kappa shape index (κ3) is 2.61. The van der Waals surface area contributed by atoms with E-state index in [1.165, 1.54) is 6.07 Å². The molecule has 5 rings (SSSR count). The zero-order chi connectivity index (χ0) is 18.4. The van der Waals surface area contributed by atoms with Crippen molar-refractivity contribution >= 4 is 33.4 Å². The van der Waals surface area contributed by atoms with Gasteiger partial charge in [-0.05, 0) is 48.0 Å². The summed E-state index contributed by atoms with van der Waals surface area (Å²) >= 11 is 6.07. The molecular weight excluding hydrogens is 357 g/mol. The summed E-state index contributed by atoms with van der Waals surface area (Å²) in [6, 6.07) is 29.1. The maximum Gasteiger partial charge on any atom is 0.125 e. The van der Waals surface area contributed by atoms with Gasteiger partial charge in [0, 0.05) is 21.4 Å². The van der Waals surface area contributed by atoms with Gasteiger partial charge in [-0.25, -0.2) is 4.39 Å². The maximum absolute atomic E-state index is 14.1. The molecule has 1 aromatic heterocycles. The SMILES string of the molecule is Fc1ccc2c3ccccc3n(-c3ccccc3-c3ccc(Cl)cc3)c2c1. The third-order valence-corrected chi connectivity index (χ3v) is 5.19. The molecule has 0 aliphatic rings. The summed E-state index contributed by atoms with van der Waals surface area (Å²) in [4.78, 5) is 0. The average Bonchev–Trinajstić information content (AvgIpc) is 3.02. The predicted molar refractivity (Wildman–Crippen MR) is 111 cm³/mol. The van der Waals surface area contributed by atoms with Crippen LogP contribution in [-0.2, 0) is 0 Å². The van der Waals surface area contributed by atoms with Crippen LogP contribution in [0.1, 0.15) is 0 Å². The van der Waals surface area contributed by atoms with Gasteiger partial charge in [-0.2, -0.15) is 0 Å². The summed E-state index contributed by atoms with van der Waals surface area (Å²) in [5.74, 6) is -0.240. The van der Waals surface area contributed by atoms with Crippen molar-refractivity contribution in [3.63, 3.8) is 0 Å². The molecule has 0 unspecified atom stereocenters. The Kier molecular flexibility index (Phi) is 3.73. The summed E-state index contributed by atoms with van der Waals surface area (Å²) < 4.78 is 16.2. The van der Waals surface area contributed by atoms with Gasteiger partial charge >= 0.3 is 0 Å². The zero-order valence-electron chi connectivity index (χ0n) is 14.4. The number of aromatic nitrogens is 1. The molecule has 1 nitrogen and oxygen atoms in total. The van der Waals surface area contributed by atoms with Crippen molar-refractivity contribution in [2.45, 2.75) is 0 Å². The van der Waals surface area contributed by atoms with Crippen molar-refractivity contribution in [1.29, 1.82) is 0 Å². The minimum atomic E-state index is -0.240. The molecule has 0 N–H and O–H groups in total. The Labute approximate surface area is 161 Å². The first kappa shape index (κ1) is 16.1. The lowest BCUT2D eigenvalue weighted by Gasteiger charge is -2.14. The van der Waals surface area contributed by atoms with Crippen LogP contribution in [0.3, 0.4) is 0 Å². The van der Waals surface area contributed by atoms with E-state index in [0.29, 0.717) is 5.02 Å². The highest BCUT2D eigenvalue weighted by Gasteiger charge is 2.15. The number of nitrogens with zero attached hydrogens (tertiary/aromatic N) is 1. The molecule has 0 saturated carbocycles. The molecule has 1 heterocycles. The predicted octanol–water partition coefficient (Wildman–Crippen LogP) is 7.24. The minimum absolute atomic E-state index is 0.240. The summed E-state index contributed by atoms with van der Waals surface area (Å²) in [7, 11) is 0. The lowest BCUT2D eigenvalue weighted by atomic mass is 10.0. The summed E-state index contributed by atoms with van der Waals surface area (Å²) in [6.45, 7) is 0. The van der Waals surface area contributed by atoms with Gasteiger partial charge in [0.25, 0.3) is 0 Å². The molecule has 27 heavy (non-hydrogen) atoms. The average molecular weight is 372 g/mol. The van der Waals surface area contributed by atoms with E-state index < -0.39 is 0 Å². The Morgan fingerprint density at radius 2 is 1.37 bits per heavy atom. The van der Waals surface area contributed by atoms with Crippen LogP contribution in [0.25, 0.3) is 38.6 Å². The second-order valence-corrected chi connectivity index (χ2v) is 6.97. The molecule has 0 bridgehead atoms. The third-order valence-electron chi connectivity index (χ3n) is 4.94. The Morgan fingerprint density at radius 3 is 2.22 bits per heavy atom. The van der Waals surface area contributed by atoms with E-state index in [1.54, 1.807) is 6.07 Å². The Balaban J connectivity index is 1.89. The van der Waals surface area contributed by atoms with Crippen LogP contribution in [0, 0.1) is 5.82 Å². The van der Waals surface area contributed by atoms with E-state index in [-0.39, 0.29) is 5.82 Å². The van der Waals surface area contributed by atoms with Gasteiger partial charge in [-0.3, -0.25) is 0 Å². The number of benzene rings is 4. The fraction of sp³-hybridized carbons (Fsp3) is 0. The Hall–Kier alpha value is -3.10. The van der Waals surface area contributed by atoms with Crippen molar-refractivity contribution in [3.8, 4) is 16.8 Å². The molecule has 0 spiro atoms. The molecule has 5 aromatic rings. The molecule has 4 aromatic carbocycles. The molecule has 0 amide bonds. The molecule has 0 radical (unpaired) electrons. The number of hydrogen-bond acceptors (Lipinski definition) is 0. The fourth-order valence-corrected chi connectivity index (χ4v) is 3.87. The van der Waals surface area contributed by atoms with Crippen molar-refractivity contribution in [3.05, 3.63) is 102 Å². The molecule has 3 heteroatoms. The van der Waals surface area contributed by atoms with Crippen LogP contribution in [0.5, 0.6) is 0 Å². The maximum atomic E-state index is 14.1. The second kappa shape index (κ2) is 6.26. The van der Waals surface area contributed by atoms with Gasteiger partial charge in [-0.1, -0.05) is 60.1 Å². The number of hydrogen-bond donors (Lipinski definition) is 0. The quantitative estimate of drug-likeness (QED) is 0.308. The first-order valence-corrected chi connectivity index (χ1v) is 9.14. The Bertz CT molecular complexity index is 1290. The van der Waals surface area contributed by atoms with Crippen molar-refractivity contribution < 1.29 is 4.39 Å². The number of halogens is 2. The first-order chi connectivity index (χ1) is 13.2. The molecule has 0 fully saturated rings. The van der Waals surface area contributed by atoms with Gasteiger partial charge < -0.3 is 4.57 Å². The second-order valence-electron chi connectivity index (χ2n) is 6.54. The van der Waals surface area contributed by atoms with Crippen LogP contribution < -0.4 is 0 Å². The highest BCUT2D eigenvalue weighted by molar-refractivity contribution is 6.30. The molecule has 130 valence electrons. The van der Waals surface area contributed by atoms with Gasteiger partial charge in [0.05, 0.1) is 16.7 Å². The van der Waals surface area contributed by atoms with Gasteiger partial charge in [0.2, 0.25) is 0 Å². The van der Waals surface area contributed by atoms with Crippen LogP contribution in [0.4, 0.5) is 4.39 Å². The van der Waals surface area contributed by atoms with Gasteiger partial charge in [0.1, 0.15) is 5.82 Å². The van der Waals surface area contributed by atoms with E-state index >= 15 is 0 Å². The highest BCUT2D eigenvalue weighted by Crippen LogP contribution is 2.36. The van der Waals surface area contributed by atoms with E-state index in [2.05, 4.69) is 28.8 Å². The summed E-state index contributed by atoms with van der Waals surface area (Å²) in [6.07, 6.45) is 0. The van der Waals surface area contributed by atoms with Crippen molar-refractivity contribution in [2.24, 2.45) is 0 Å². The van der Waals surface area contributed by atoms with Crippen LogP contribution in [0.2, 0.25) is 5.02 Å². The fourth-order valence-electron chi connectivity index (χ4n) is 3.75. The topological polar surface area (TPSA) is 4.93 Å². The lowest BCUT2D eigenvalue weighted by Crippen LogP contribution is -1.97. The molecule has 0 atom stereocenters. The molecule has 0 aliphatic carbocycles. The number of para-hydroxylation sites is 2. The van der Waals surface area contributed by atoms with Crippen LogP contribution in [0.15, 0.2) is 91.0 Å². The van der Waals surface area contributed by atoms with Gasteiger partial charge in [-0.15, -0.1) is 0 Å². The van der Waals surface area contributed by atoms with E-state index in [1.807, 2.05) is 54.6 Å². The standard InChI is InChI=1S/C24H15ClFN/c25-17-11-9-16(10-12-17)19-5-1-3-7-22(19)27-23-8-4-2-6-20(23)21-14-13-18(26)15-24(21)27/h1-15H. The van der Waals surface area contributed by atoms with Gasteiger partial charge in [0.15, 0.2) is 0 Å². The molecule has 0 aliphatic heterocycles. The first-order valence-electron chi connectivity index (χ1n) is 8.76. The summed E-state index contributed by atoms with van der Waals surface area (Å²) in [5.41, 5.74) is 5.06. The highest BCUT2D eigenvalue weighted by atomic mass is 35.5. The normalized spacial score (nSPS) is 11.3. The van der Waals surface area contributed by atoms with E-state index in [0.717, 1.165) is 38.6 Å². The number of fused-ring (bicyclic) bond motifs is 3. The van der Waals surface area contributed by atoms with E-state index in [4.69, 9.17) is 11.6 Å². The Morgan fingerprint density at radius 1 is 0.667 bits per heavy atom. The smallest absolute Gasteiger partial charge is 0.125 e. The zero-order valence-corrected chi connectivity index (χ0v) is 15.1. The summed E-state index contributed by atoms with van der Waals surface area (Å²) in [5, 5.41) is 2.85. The van der Waals surface area contributed by atoms with Crippen molar-refractivity contribution in [1.82, 2.24) is 4.57 Å². The lowest BCUT2D eigenvalue weighted by molar-refractivity contribution is 0.629. The van der Waals surface area contributed by atoms with Crippen LogP contribution in [-0.4, -0.2) is 4.57 Å². The number of rotatable bonds is 2. The van der Waals surface area contributed by atoms with Crippen LogP contribution >= 0.6 is 11.6 Å². The van der Waals surface area contributed by atoms with E-state index in [9.17, 15) is 4.39 Å². The molecule has 0 saturated heterocycles. The molecular formula is C24H15ClFN. The largest absolute Gasteiger partial charge is 0.309 e. The monoisotopic (exact) mass is 371 g/mol.